The molecular formula is C36H44N4O3. The minimum atomic E-state index is -1.00. The van der Waals surface area contributed by atoms with E-state index in [9.17, 15) is 15.0 Å². The Bertz CT molecular complexity index is 1630. The van der Waals surface area contributed by atoms with E-state index in [1.165, 1.54) is 18.4 Å². The summed E-state index contributed by atoms with van der Waals surface area (Å²) in [5.41, 5.74) is 2.98. The van der Waals surface area contributed by atoms with Gasteiger partial charge in [0.2, 0.25) is 0 Å². The number of ketones is 1. The molecule has 0 radical (unpaired) electrons. The van der Waals surface area contributed by atoms with Gasteiger partial charge in [-0.15, -0.1) is 0 Å². The number of piperidine rings is 1. The van der Waals surface area contributed by atoms with E-state index in [1.807, 2.05) is 24.4 Å². The molecule has 3 fully saturated rings. The van der Waals surface area contributed by atoms with Crippen LogP contribution in [-0.2, 0) is 4.79 Å². The van der Waals surface area contributed by atoms with Gasteiger partial charge in [-0.05, 0) is 119 Å². The van der Waals surface area contributed by atoms with Gasteiger partial charge in [0.05, 0.1) is 16.8 Å². The number of fused-ring (bicyclic) bond motifs is 5. The smallest absolute Gasteiger partial charge is 0.133 e. The monoisotopic (exact) mass is 580 g/mol. The van der Waals surface area contributed by atoms with Gasteiger partial charge in [-0.1, -0.05) is 12.2 Å². The number of aromatic hydroxyl groups is 1. The van der Waals surface area contributed by atoms with Gasteiger partial charge < -0.3 is 20.1 Å². The number of aromatic amines is 1. The number of hydrogen-bond acceptors (Lipinski definition) is 6. The van der Waals surface area contributed by atoms with Crippen LogP contribution in [0.4, 0.5) is 0 Å². The molecule has 43 heavy (non-hydrogen) atoms. The van der Waals surface area contributed by atoms with Crippen molar-refractivity contribution in [2.75, 3.05) is 26.2 Å². The number of benzene rings is 1. The number of rotatable bonds is 1. The summed E-state index contributed by atoms with van der Waals surface area (Å²) >= 11 is 0. The zero-order chi connectivity index (χ0) is 29.2. The molecular weight excluding hydrogens is 536 g/mol. The van der Waals surface area contributed by atoms with Crippen LogP contribution < -0.4 is 0 Å². The molecule has 0 saturated carbocycles. The van der Waals surface area contributed by atoms with Crippen molar-refractivity contribution in [1.82, 2.24) is 19.8 Å². The minimum Gasteiger partial charge on any atom is -0.508 e. The van der Waals surface area contributed by atoms with E-state index in [0.29, 0.717) is 31.1 Å². The summed E-state index contributed by atoms with van der Waals surface area (Å²) in [5, 5.41) is 25.4. The fourth-order valence-electron chi connectivity index (χ4n) is 9.90. The number of Topliss-reactive ketones (excluding diaryl/α,β-unsaturated/α-hetero) is 1. The number of allylic oxidation sites excluding steroid dienone is 3. The normalized spacial score (nSPS) is 36.1. The van der Waals surface area contributed by atoms with Crippen LogP contribution in [0.3, 0.4) is 0 Å². The summed E-state index contributed by atoms with van der Waals surface area (Å²) in [6.45, 7) is 4.04. The fourth-order valence-corrected chi connectivity index (χ4v) is 9.90. The molecule has 3 N–H and O–H groups in total. The number of pyridine rings is 1. The highest BCUT2D eigenvalue weighted by Gasteiger charge is 2.66. The standard InChI is InChI=1S/C36H44N4O3/c41-25-8-7-18-40-24(9-10-25)21-35-23-39-17-6-4-2-1-3-5-15-36(43,34(35)40)22-29(30(35)14-19-39)32-33-27(13-16-37-32)28-20-26(42)11-12-31(28)38-33/h1,3,11-13,16,20,22,24,30,34,38,42-43H,2,4-10,14-15,17-19,21,23H2/b3-1+/t24-,30-,34+,35-,36-/m0/s1. The van der Waals surface area contributed by atoms with Gasteiger partial charge in [-0.3, -0.25) is 14.7 Å². The van der Waals surface area contributed by atoms with Gasteiger partial charge >= 0.3 is 0 Å². The second-order valence-electron chi connectivity index (χ2n) is 14.1. The van der Waals surface area contributed by atoms with Gasteiger partial charge in [-0.25, -0.2) is 0 Å². The largest absolute Gasteiger partial charge is 0.508 e. The molecule has 1 unspecified atom stereocenters. The predicted molar refractivity (Wildman–Crippen MR) is 170 cm³/mol. The second-order valence-corrected chi connectivity index (χ2v) is 14.1. The summed E-state index contributed by atoms with van der Waals surface area (Å²) in [6.07, 6.45) is 18.9. The van der Waals surface area contributed by atoms with Gasteiger partial charge in [0.25, 0.3) is 0 Å². The van der Waals surface area contributed by atoms with Crippen molar-refractivity contribution in [1.29, 1.82) is 0 Å². The van der Waals surface area contributed by atoms with Gasteiger partial charge in [-0.2, -0.15) is 0 Å². The molecule has 2 aromatic heterocycles. The molecule has 1 aliphatic carbocycles. The average molecular weight is 581 g/mol. The second kappa shape index (κ2) is 10.6. The Morgan fingerprint density at radius 2 is 1.88 bits per heavy atom. The minimum absolute atomic E-state index is 0.0303. The Hall–Kier alpha value is -3.00. The highest BCUT2D eigenvalue weighted by Crippen LogP contribution is 2.62. The molecule has 3 saturated heterocycles. The molecule has 3 aromatic rings. The van der Waals surface area contributed by atoms with Crippen molar-refractivity contribution in [3.63, 3.8) is 0 Å². The Kier molecular flexibility index (Phi) is 6.77. The molecule has 6 heterocycles. The first-order valence-corrected chi connectivity index (χ1v) is 16.6. The number of carbonyl (C=O) groups is 1. The van der Waals surface area contributed by atoms with E-state index in [4.69, 9.17) is 4.98 Å². The highest BCUT2D eigenvalue weighted by atomic mass is 16.3. The molecule has 226 valence electrons. The number of aliphatic hydroxyl groups is 1. The molecule has 0 amide bonds. The molecule has 8 rings (SSSR count). The fraction of sp³-hybridized carbons (Fsp3) is 0.556. The van der Waals surface area contributed by atoms with Crippen molar-refractivity contribution < 1.29 is 15.0 Å². The zero-order valence-electron chi connectivity index (χ0n) is 25.1. The maximum atomic E-state index is 13.1. The lowest BCUT2D eigenvalue weighted by Crippen LogP contribution is -2.65. The SMILES string of the molecule is O=C1CCCN2[C@@H](CC1)C[C@]13CN4CCCC/C=C/CC[C@](O)(C=C(c5nccc6c5[nH]c5ccc(O)cc56)[C@@H]1CC4)[C@H]23. The maximum absolute atomic E-state index is 13.1. The van der Waals surface area contributed by atoms with E-state index < -0.39 is 5.60 Å². The molecule has 6 atom stereocenters. The lowest BCUT2D eigenvalue weighted by molar-refractivity contribution is -0.120. The summed E-state index contributed by atoms with van der Waals surface area (Å²) in [5.74, 6) is 0.929. The number of hydrogen-bond donors (Lipinski definition) is 3. The van der Waals surface area contributed by atoms with Gasteiger partial charge in [0.1, 0.15) is 11.5 Å². The molecule has 4 aliphatic heterocycles. The molecule has 7 nitrogen and oxygen atoms in total. The Morgan fingerprint density at radius 3 is 2.81 bits per heavy atom. The van der Waals surface area contributed by atoms with E-state index in [2.05, 4.69) is 33.0 Å². The third kappa shape index (κ3) is 4.49. The first-order chi connectivity index (χ1) is 21.0. The first kappa shape index (κ1) is 27.5. The molecule has 7 heteroatoms. The van der Waals surface area contributed by atoms with E-state index >= 15 is 0 Å². The molecule has 1 spiro atoms. The van der Waals surface area contributed by atoms with Crippen molar-refractivity contribution in [2.45, 2.75) is 88.3 Å². The first-order valence-electron chi connectivity index (χ1n) is 16.6. The van der Waals surface area contributed by atoms with Crippen LogP contribution >= 0.6 is 0 Å². The Balaban J connectivity index is 1.33. The van der Waals surface area contributed by atoms with Gasteiger partial charge in [0, 0.05) is 59.4 Å². The number of aromatic nitrogens is 2. The lowest BCUT2D eigenvalue weighted by atomic mass is 9.54. The van der Waals surface area contributed by atoms with Crippen LogP contribution in [0.1, 0.15) is 76.3 Å². The third-order valence-electron chi connectivity index (χ3n) is 11.5. The maximum Gasteiger partial charge on any atom is 0.133 e. The van der Waals surface area contributed by atoms with Crippen LogP contribution in [0.25, 0.3) is 27.4 Å². The molecule has 1 aromatic carbocycles. The summed E-state index contributed by atoms with van der Waals surface area (Å²) in [6, 6.07) is 7.88. The number of phenolic OH excluding ortho intramolecular Hbond substituents is 1. The lowest BCUT2D eigenvalue weighted by Gasteiger charge is -2.58. The highest BCUT2D eigenvalue weighted by molar-refractivity contribution is 6.10. The predicted octanol–water partition coefficient (Wildman–Crippen LogP) is 5.96. The topological polar surface area (TPSA) is 92.7 Å². The summed E-state index contributed by atoms with van der Waals surface area (Å²) < 4.78 is 0. The van der Waals surface area contributed by atoms with Crippen LogP contribution in [0, 0.1) is 11.3 Å². The van der Waals surface area contributed by atoms with E-state index in [0.717, 1.165) is 92.2 Å². The number of nitrogens with zero attached hydrogens (tertiary/aromatic N) is 3. The number of phenols is 1. The van der Waals surface area contributed by atoms with Crippen LogP contribution in [0.2, 0.25) is 0 Å². The van der Waals surface area contributed by atoms with Crippen LogP contribution in [0.15, 0.2) is 48.7 Å². The Morgan fingerprint density at radius 1 is 0.977 bits per heavy atom. The number of H-pyrrole nitrogens is 1. The van der Waals surface area contributed by atoms with Crippen molar-refractivity contribution in [2.24, 2.45) is 11.3 Å². The number of nitrogens with one attached hydrogen (secondary N) is 1. The quantitative estimate of drug-likeness (QED) is 0.308. The van der Waals surface area contributed by atoms with Crippen molar-refractivity contribution in [3.05, 3.63) is 54.4 Å². The summed E-state index contributed by atoms with van der Waals surface area (Å²) in [4.78, 5) is 26.7. The number of carbonyl (C=O) groups excluding carboxylic acids is 1. The van der Waals surface area contributed by atoms with E-state index in [-0.39, 0.29) is 23.1 Å². The summed E-state index contributed by atoms with van der Waals surface area (Å²) in [7, 11) is 0. The van der Waals surface area contributed by atoms with Gasteiger partial charge in [0.15, 0.2) is 0 Å². The molecule has 3 bridgehead atoms. The van der Waals surface area contributed by atoms with Crippen LogP contribution in [-0.4, -0.2) is 79.6 Å². The van der Waals surface area contributed by atoms with Crippen molar-refractivity contribution >= 4 is 33.2 Å². The zero-order valence-corrected chi connectivity index (χ0v) is 25.1. The van der Waals surface area contributed by atoms with Crippen molar-refractivity contribution in [3.8, 4) is 5.75 Å². The molecule has 5 aliphatic rings. The average Bonchev–Trinajstić information content (AvgIpc) is 3.51. The third-order valence-corrected chi connectivity index (χ3v) is 11.5. The Labute approximate surface area is 253 Å². The van der Waals surface area contributed by atoms with Crippen LogP contribution in [0.5, 0.6) is 5.75 Å². The van der Waals surface area contributed by atoms with E-state index in [1.54, 1.807) is 6.07 Å².